The Morgan fingerprint density at radius 2 is 1.78 bits per heavy atom. The van der Waals surface area contributed by atoms with E-state index in [2.05, 4.69) is 37.5 Å². The summed E-state index contributed by atoms with van der Waals surface area (Å²) in [5.41, 5.74) is 2.02. The standard InChI is InChI=1S/C24H24F3N5/c1-14-3-2-4-18(28-14)13-32-11-15-7-19(8-16(15)12-32)29-23-6-5-22(30-31-23)20-9-17(25)10-21(26)24(20)27/h2-6,9-10,15-16,19H,7-8,11-13H2,1H3,(H,29,31)/t15-,16+,19-. The highest BCUT2D eigenvalue weighted by Crippen LogP contribution is 2.39. The third-order valence-electron chi connectivity index (χ3n) is 6.44. The van der Waals surface area contributed by atoms with Gasteiger partial charge in [-0.2, -0.15) is 0 Å². The van der Waals surface area contributed by atoms with Crippen molar-refractivity contribution in [2.75, 3.05) is 18.4 Å². The van der Waals surface area contributed by atoms with Gasteiger partial charge in [0.1, 0.15) is 11.6 Å². The summed E-state index contributed by atoms with van der Waals surface area (Å²) in [4.78, 5) is 7.09. The number of hydrogen-bond acceptors (Lipinski definition) is 5. The van der Waals surface area contributed by atoms with E-state index < -0.39 is 17.5 Å². The molecule has 1 aliphatic heterocycles. The van der Waals surface area contributed by atoms with E-state index in [1.807, 2.05) is 13.0 Å². The molecule has 2 fully saturated rings. The Bertz CT molecular complexity index is 1110. The van der Waals surface area contributed by atoms with Crippen LogP contribution >= 0.6 is 0 Å². The van der Waals surface area contributed by atoms with Crippen molar-refractivity contribution in [2.45, 2.75) is 32.4 Å². The lowest BCUT2D eigenvalue weighted by Crippen LogP contribution is -2.25. The van der Waals surface area contributed by atoms with E-state index in [-0.39, 0.29) is 11.3 Å². The van der Waals surface area contributed by atoms with E-state index in [9.17, 15) is 13.2 Å². The van der Waals surface area contributed by atoms with Crippen molar-refractivity contribution < 1.29 is 13.2 Å². The number of halogens is 3. The summed E-state index contributed by atoms with van der Waals surface area (Å²) in [6.07, 6.45) is 2.10. The van der Waals surface area contributed by atoms with Crippen LogP contribution in [0, 0.1) is 36.2 Å². The van der Waals surface area contributed by atoms with Gasteiger partial charge in [-0.15, -0.1) is 10.2 Å². The maximum Gasteiger partial charge on any atom is 0.168 e. The zero-order valence-corrected chi connectivity index (χ0v) is 17.7. The third-order valence-corrected chi connectivity index (χ3v) is 6.44. The Kier molecular flexibility index (Phi) is 5.55. The number of nitrogens with zero attached hydrogens (tertiary/aromatic N) is 4. The summed E-state index contributed by atoms with van der Waals surface area (Å²) in [7, 11) is 0. The third kappa shape index (κ3) is 4.32. The van der Waals surface area contributed by atoms with Crippen molar-refractivity contribution >= 4 is 5.82 Å². The molecule has 32 heavy (non-hydrogen) atoms. The Morgan fingerprint density at radius 1 is 1.00 bits per heavy atom. The molecule has 5 rings (SSSR count). The van der Waals surface area contributed by atoms with Crippen molar-refractivity contribution in [3.05, 3.63) is 71.3 Å². The van der Waals surface area contributed by atoms with E-state index in [1.165, 1.54) is 6.07 Å². The highest BCUT2D eigenvalue weighted by molar-refractivity contribution is 5.60. The van der Waals surface area contributed by atoms with Crippen LogP contribution in [0.25, 0.3) is 11.3 Å². The summed E-state index contributed by atoms with van der Waals surface area (Å²) in [5, 5.41) is 11.5. The molecule has 5 nitrogen and oxygen atoms in total. The first kappa shape index (κ1) is 20.9. The van der Waals surface area contributed by atoms with Gasteiger partial charge >= 0.3 is 0 Å². The Morgan fingerprint density at radius 3 is 2.47 bits per heavy atom. The number of anilines is 1. The Labute approximate surface area is 184 Å². The minimum absolute atomic E-state index is 0.0927. The maximum atomic E-state index is 14.0. The summed E-state index contributed by atoms with van der Waals surface area (Å²) in [6, 6.07) is 11.1. The van der Waals surface area contributed by atoms with Crippen molar-refractivity contribution in [3.8, 4) is 11.3 Å². The van der Waals surface area contributed by atoms with Gasteiger partial charge in [-0.25, -0.2) is 13.2 Å². The first-order valence-corrected chi connectivity index (χ1v) is 10.8. The fourth-order valence-electron chi connectivity index (χ4n) is 5.07. The second kappa shape index (κ2) is 8.50. The van der Waals surface area contributed by atoms with Gasteiger partial charge in [0.2, 0.25) is 0 Å². The SMILES string of the molecule is Cc1cccc(CN2C[C@H]3C[C@@H](Nc4ccc(-c5cc(F)cc(F)c5F)nn4)C[C@H]3C2)n1. The van der Waals surface area contributed by atoms with E-state index in [0.717, 1.165) is 49.9 Å². The van der Waals surface area contributed by atoms with Gasteiger partial charge in [-0.05, 0) is 61.9 Å². The minimum atomic E-state index is -1.24. The molecule has 1 N–H and O–H groups in total. The predicted molar refractivity (Wildman–Crippen MR) is 115 cm³/mol. The predicted octanol–water partition coefficient (Wildman–Crippen LogP) is 4.59. The van der Waals surface area contributed by atoms with E-state index in [1.54, 1.807) is 6.07 Å². The first-order valence-electron chi connectivity index (χ1n) is 10.8. The van der Waals surface area contributed by atoms with Crippen LogP contribution in [0.3, 0.4) is 0 Å². The molecule has 166 valence electrons. The molecule has 2 aliphatic rings. The summed E-state index contributed by atoms with van der Waals surface area (Å²) < 4.78 is 40.9. The van der Waals surface area contributed by atoms with Gasteiger partial charge in [0.25, 0.3) is 0 Å². The van der Waals surface area contributed by atoms with Gasteiger partial charge in [-0.1, -0.05) is 6.07 Å². The van der Waals surface area contributed by atoms with Gasteiger partial charge in [0.15, 0.2) is 11.6 Å². The van der Waals surface area contributed by atoms with Crippen molar-refractivity contribution in [1.29, 1.82) is 0 Å². The topological polar surface area (TPSA) is 53.9 Å². The van der Waals surface area contributed by atoms with Crippen LogP contribution < -0.4 is 5.32 Å². The summed E-state index contributed by atoms with van der Waals surface area (Å²) in [6.45, 7) is 5.03. The number of hydrogen-bond donors (Lipinski definition) is 1. The lowest BCUT2D eigenvalue weighted by Gasteiger charge is -2.19. The average molecular weight is 439 g/mol. The normalized spacial score (nSPS) is 22.8. The van der Waals surface area contributed by atoms with Gasteiger partial charge in [0, 0.05) is 43.0 Å². The molecule has 1 aromatic carbocycles. The molecule has 0 amide bonds. The molecule has 1 aliphatic carbocycles. The number of rotatable bonds is 5. The van der Waals surface area contributed by atoms with Crippen molar-refractivity contribution in [1.82, 2.24) is 20.1 Å². The zero-order chi connectivity index (χ0) is 22.2. The molecule has 0 radical (unpaired) electrons. The molecular formula is C24H24F3N5. The number of fused-ring (bicyclic) bond motifs is 1. The smallest absolute Gasteiger partial charge is 0.168 e. The average Bonchev–Trinajstić information content (AvgIpc) is 3.29. The maximum absolute atomic E-state index is 14.0. The van der Waals surface area contributed by atoms with Crippen LogP contribution in [0.5, 0.6) is 0 Å². The number of pyridine rings is 1. The summed E-state index contributed by atoms with van der Waals surface area (Å²) in [5.74, 6) is -1.38. The molecule has 0 unspecified atom stereocenters. The number of aromatic nitrogens is 3. The molecular weight excluding hydrogens is 415 g/mol. The second-order valence-electron chi connectivity index (χ2n) is 8.85. The molecule has 3 atom stereocenters. The Balaban J connectivity index is 1.18. The summed E-state index contributed by atoms with van der Waals surface area (Å²) >= 11 is 0. The van der Waals surface area contributed by atoms with E-state index in [4.69, 9.17) is 0 Å². The van der Waals surface area contributed by atoms with Crippen molar-refractivity contribution in [3.63, 3.8) is 0 Å². The largest absolute Gasteiger partial charge is 0.366 e. The highest BCUT2D eigenvalue weighted by atomic mass is 19.2. The number of aryl methyl sites for hydroxylation is 1. The fraction of sp³-hybridized carbons (Fsp3) is 0.375. The highest BCUT2D eigenvalue weighted by Gasteiger charge is 2.40. The van der Waals surface area contributed by atoms with Gasteiger partial charge in [-0.3, -0.25) is 9.88 Å². The van der Waals surface area contributed by atoms with Gasteiger partial charge in [0.05, 0.1) is 11.4 Å². The molecule has 8 heteroatoms. The first-order chi connectivity index (χ1) is 15.4. The molecule has 0 spiro atoms. The molecule has 1 saturated carbocycles. The van der Waals surface area contributed by atoms with Crippen LogP contribution in [0.4, 0.5) is 19.0 Å². The number of nitrogens with one attached hydrogen (secondary N) is 1. The van der Waals surface area contributed by atoms with E-state index >= 15 is 0 Å². The minimum Gasteiger partial charge on any atom is -0.366 e. The van der Waals surface area contributed by atoms with Crippen LogP contribution in [0.15, 0.2) is 42.5 Å². The molecule has 3 heterocycles. The van der Waals surface area contributed by atoms with Crippen molar-refractivity contribution in [2.24, 2.45) is 11.8 Å². The molecule has 3 aromatic rings. The zero-order valence-electron chi connectivity index (χ0n) is 17.7. The monoisotopic (exact) mass is 439 g/mol. The Hall–Kier alpha value is -3.00. The van der Waals surface area contributed by atoms with Crippen LogP contribution in [-0.4, -0.2) is 39.2 Å². The lowest BCUT2D eigenvalue weighted by atomic mass is 10.0. The molecule has 0 bridgehead atoms. The quantitative estimate of drug-likeness (QED) is 0.590. The van der Waals surface area contributed by atoms with Crippen LogP contribution in [0.1, 0.15) is 24.2 Å². The van der Waals surface area contributed by atoms with Crippen LogP contribution in [0.2, 0.25) is 0 Å². The lowest BCUT2D eigenvalue weighted by molar-refractivity contribution is 0.297. The van der Waals surface area contributed by atoms with E-state index in [0.29, 0.717) is 29.8 Å². The van der Waals surface area contributed by atoms with Crippen LogP contribution in [-0.2, 0) is 6.54 Å². The molecule has 1 saturated heterocycles. The van der Waals surface area contributed by atoms with Gasteiger partial charge < -0.3 is 5.32 Å². The second-order valence-corrected chi connectivity index (χ2v) is 8.85. The number of likely N-dealkylation sites (tertiary alicyclic amines) is 1. The molecule has 2 aromatic heterocycles. The fourth-order valence-corrected chi connectivity index (χ4v) is 5.07. The number of benzene rings is 1.